The maximum absolute atomic E-state index is 13.9. The lowest BCUT2D eigenvalue weighted by Crippen LogP contribution is -2.52. The molecule has 156 valence electrons. The Hall–Kier alpha value is -2.87. The molecular weight excluding hydrogens is 387 g/mol. The highest BCUT2D eigenvalue weighted by atomic mass is 19.4. The van der Waals surface area contributed by atoms with Crippen molar-refractivity contribution >= 4 is 17.6 Å². The Balaban J connectivity index is 2.32. The molecule has 1 amide bonds. The predicted octanol–water partition coefficient (Wildman–Crippen LogP) is 3.67. The van der Waals surface area contributed by atoms with Crippen LogP contribution in [0.1, 0.15) is 18.4 Å². The minimum absolute atomic E-state index is 0.392. The summed E-state index contributed by atoms with van der Waals surface area (Å²) in [5.74, 6) is -3.76. The molecule has 0 heterocycles. The molecule has 0 fully saturated rings. The molecule has 2 rings (SSSR count). The fraction of sp³-hybridized carbons (Fsp3) is 0.333. The van der Waals surface area contributed by atoms with Gasteiger partial charge in [0.2, 0.25) is 5.91 Å². The van der Waals surface area contributed by atoms with Gasteiger partial charge in [0.1, 0.15) is 0 Å². The summed E-state index contributed by atoms with van der Waals surface area (Å²) in [5, 5.41) is 10.7. The van der Waals surface area contributed by atoms with Crippen molar-refractivity contribution in [2.24, 2.45) is 5.92 Å². The highest BCUT2D eigenvalue weighted by molar-refractivity contribution is 5.93. The van der Waals surface area contributed by atoms with Gasteiger partial charge >= 0.3 is 12.1 Å². The molecule has 0 saturated heterocycles. The van der Waals surface area contributed by atoms with Crippen LogP contribution in [0.5, 0.6) is 0 Å². The van der Waals surface area contributed by atoms with E-state index in [0.717, 1.165) is 19.2 Å². The largest absolute Gasteiger partial charge is 0.469 e. The second kappa shape index (κ2) is 9.09. The summed E-state index contributed by atoms with van der Waals surface area (Å²) in [5.41, 5.74) is -3.43. The van der Waals surface area contributed by atoms with Crippen molar-refractivity contribution in [1.82, 2.24) is 0 Å². The molecule has 1 N–H and O–H groups in total. The molecule has 0 aromatic heterocycles. The smallest absolute Gasteiger partial charge is 0.422 e. The molecule has 29 heavy (non-hydrogen) atoms. The number of ether oxygens (including phenoxy) is 1. The fourth-order valence-corrected chi connectivity index (χ4v) is 3.13. The number of aliphatic hydroxyl groups is 1. The van der Waals surface area contributed by atoms with E-state index in [2.05, 4.69) is 4.74 Å². The highest BCUT2D eigenvalue weighted by Gasteiger charge is 2.62. The summed E-state index contributed by atoms with van der Waals surface area (Å²) >= 11 is 0. The summed E-state index contributed by atoms with van der Waals surface area (Å²) in [7, 11) is 2.42. The number of esters is 1. The number of anilines is 1. The first-order valence-electron chi connectivity index (χ1n) is 8.87. The van der Waals surface area contributed by atoms with Crippen LogP contribution in [0.3, 0.4) is 0 Å². The Morgan fingerprint density at radius 2 is 1.55 bits per heavy atom. The van der Waals surface area contributed by atoms with Gasteiger partial charge in [0.05, 0.1) is 13.0 Å². The quantitative estimate of drug-likeness (QED) is 0.709. The zero-order valence-electron chi connectivity index (χ0n) is 16.0. The average molecular weight is 409 g/mol. The van der Waals surface area contributed by atoms with Crippen LogP contribution in [-0.4, -0.2) is 37.3 Å². The third-order valence-corrected chi connectivity index (χ3v) is 4.80. The molecule has 0 saturated carbocycles. The van der Waals surface area contributed by atoms with E-state index in [1.165, 1.54) is 30.1 Å². The van der Waals surface area contributed by atoms with Gasteiger partial charge in [-0.2, -0.15) is 13.2 Å². The maximum Gasteiger partial charge on any atom is 0.422 e. The molecule has 0 aliphatic rings. The van der Waals surface area contributed by atoms with Crippen LogP contribution in [0.15, 0.2) is 60.7 Å². The molecule has 2 atom stereocenters. The molecule has 8 heteroatoms. The van der Waals surface area contributed by atoms with E-state index in [-0.39, 0.29) is 0 Å². The fourth-order valence-electron chi connectivity index (χ4n) is 3.13. The highest BCUT2D eigenvalue weighted by Crippen LogP contribution is 2.46. The van der Waals surface area contributed by atoms with Gasteiger partial charge in [0.15, 0.2) is 5.60 Å². The Bertz CT molecular complexity index is 827. The lowest BCUT2D eigenvalue weighted by atomic mass is 9.78. The van der Waals surface area contributed by atoms with Gasteiger partial charge in [-0.1, -0.05) is 48.5 Å². The van der Waals surface area contributed by atoms with Crippen molar-refractivity contribution in [3.63, 3.8) is 0 Å². The van der Waals surface area contributed by atoms with E-state index in [1.54, 1.807) is 30.3 Å². The number of para-hydroxylation sites is 1. The van der Waals surface area contributed by atoms with Crippen LogP contribution < -0.4 is 4.90 Å². The number of hydrogen-bond donors (Lipinski definition) is 1. The number of benzene rings is 2. The Labute approximate surface area is 166 Å². The third-order valence-electron chi connectivity index (χ3n) is 4.80. The first-order chi connectivity index (χ1) is 13.6. The lowest BCUT2D eigenvalue weighted by molar-refractivity contribution is -0.287. The minimum Gasteiger partial charge on any atom is -0.469 e. The number of hydrogen-bond acceptors (Lipinski definition) is 4. The number of carbonyl (C=O) groups is 2. The first kappa shape index (κ1) is 22.4. The van der Waals surface area contributed by atoms with E-state index in [9.17, 15) is 27.9 Å². The van der Waals surface area contributed by atoms with Crippen LogP contribution >= 0.6 is 0 Å². The van der Waals surface area contributed by atoms with Crippen LogP contribution in [-0.2, 0) is 19.9 Å². The number of carbonyl (C=O) groups excluding carboxylic acids is 2. The van der Waals surface area contributed by atoms with Crippen molar-refractivity contribution < 1.29 is 32.6 Å². The van der Waals surface area contributed by atoms with Crippen LogP contribution in [0.25, 0.3) is 0 Å². The Morgan fingerprint density at radius 1 is 1.03 bits per heavy atom. The van der Waals surface area contributed by atoms with Crippen molar-refractivity contribution in [1.29, 1.82) is 0 Å². The number of rotatable bonds is 7. The van der Waals surface area contributed by atoms with Gasteiger partial charge in [0.25, 0.3) is 0 Å². The van der Waals surface area contributed by atoms with Gasteiger partial charge in [-0.05, 0) is 24.1 Å². The Kier molecular flexibility index (Phi) is 7.02. The molecule has 0 spiro atoms. The first-order valence-corrected chi connectivity index (χ1v) is 8.87. The van der Waals surface area contributed by atoms with Gasteiger partial charge < -0.3 is 14.7 Å². The standard InChI is InChI=1S/C21H22F3NO4/c1-25(16-11-7-4-8-12-16)18(26)14-13-17(19(27)29-2)20(28,21(22,23)24)15-9-5-3-6-10-15/h3-12,17,28H,13-14H2,1-2H3. The third kappa shape index (κ3) is 4.76. The molecule has 5 nitrogen and oxygen atoms in total. The molecule has 2 aromatic rings. The monoisotopic (exact) mass is 409 g/mol. The number of alkyl halides is 3. The van der Waals surface area contributed by atoms with Crippen molar-refractivity contribution in [3.8, 4) is 0 Å². The van der Waals surface area contributed by atoms with Crippen LogP contribution in [0.4, 0.5) is 18.9 Å². The summed E-state index contributed by atoms with van der Waals surface area (Å²) in [6.07, 6.45) is -6.11. The van der Waals surface area contributed by atoms with E-state index < -0.39 is 48.0 Å². The lowest BCUT2D eigenvalue weighted by Gasteiger charge is -2.36. The van der Waals surface area contributed by atoms with Crippen LogP contribution in [0.2, 0.25) is 0 Å². The molecule has 0 bridgehead atoms. The van der Waals surface area contributed by atoms with Gasteiger partial charge in [-0.3, -0.25) is 9.59 Å². The normalized spacial score (nSPS) is 14.6. The van der Waals surface area contributed by atoms with Gasteiger partial charge in [0, 0.05) is 19.2 Å². The summed E-state index contributed by atoms with van der Waals surface area (Å²) in [4.78, 5) is 26.0. The summed E-state index contributed by atoms with van der Waals surface area (Å²) < 4.78 is 46.3. The number of methoxy groups -OCH3 is 1. The number of nitrogens with zero attached hydrogens (tertiary/aromatic N) is 1. The molecule has 0 radical (unpaired) electrons. The average Bonchev–Trinajstić information content (AvgIpc) is 2.73. The molecule has 0 aliphatic heterocycles. The molecule has 2 aromatic carbocycles. The number of amides is 1. The number of halogens is 3. The van der Waals surface area contributed by atoms with E-state index >= 15 is 0 Å². The van der Waals surface area contributed by atoms with E-state index in [1.807, 2.05) is 0 Å². The molecular formula is C21H22F3NO4. The predicted molar refractivity (Wildman–Crippen MR) is 101 cm³/mol. The molecule has 2 unspecified atom stereocenters. The summed E-state index contributed by atoms with van der Waals surface area (Å²) in [6, 6.07) is 14.9. The Morgan fingerprint density at radius 3 is 2.03 bits per heavy atom. The van der Waals surface area contributed by atoms with E-state index in [0.29, 0.717) is 5.69 Å². The summed E-state index contributed by atoms with van der Waals surface area (Å²) in [6.45, 7) is 0. The SMILES string of the molecule is COC(=O)C(CCC(=O)N(C)c1ccccc1)C(O)(c1ccccc1)C(F)(F)F. The van der Waals surface area contributed by atoms with Gasteiger partial charge in [-0.25, -0.2) is 0 Å². The van der Waals surface area contributed by atoms with Gasteiger partial charge in [-0.15, -0.1) is 0 Å². The zero-order valence-corrected chi connectivity index (χ0v) is 16.0. The topological polar surface area (TPSA) is 66.8 Å². The molecule has 0 aliphatic carbocycles. The second-order valence-electron chi connectivity index (χ2n) is 6.53. The van der Waals surface area contributed by atoms with Crippen molar-refractivity contribution in [2.45, 2.75) is 24.6 Å². The second-order valence-corrected chi connectivity index (χ2v) is 6.53. The van der Waals surface area contributed by atoms with Crippen LogP contribution in [0, 0.1) is 5.92 Å². The maximum atomic E-state index is 13.9. The minimum atomic E-state index is -5.17. The van der Waals surface area contributed by atoms with Crippen molar-refractivity contribution in [3.05, 3.63) is 66.2 Å². The van der Waals surface area contributed by atoms with Crippen molar-refractivity contribution in [2.75, 3.05) is 19.1 Å². The zero-order chi connectivity index (χ0) is 21.7. The van der Waals surface area contributed by atoms with E-state index in [4.69, 9.17) is 0 Å².